The summed E-state index contributed by atoms with van der Waals surface area (Å²) in [5, 5.41) is 3.16. The van der Waals surface area contributed by atoms with Crippen molar-refractivity contribution in [2.45, 2.75) is 31.2 Å². The van der Waals surface area contributed by atoms with Crippen molar-refractivity contribution in [3.8, 4) is 0 Å². The average molecular weight is 443 g/mol. The number of nitrogens with one attached hydrogen (secondary N) is 2. The molecular formula is C23H23ClN2O3S. The summed E-state index contributed by atoms with van der Waals surface area (Å²) in [5.74, 6) is -0.315. The van der Waals surface area contributed by atoms with Crippen LogP contribution in [0.25, 0.3) is 0 Å². The molecule has 0 saturated carbocycles. The number of carbonyl (C=O) groups is 1. The topological polar surface area (TPSA) is 75.3 Å². The lowest BCUT2D eigenvalue weighted by molar-refractivity contribution is 0.0935. The summed E-state index contributed by atoms with van der Waals surface area (Å²) in [6.07, 6.45) is 0.724. The number of hydrogen-bond donors (Lipinski definition) is 2. The van der Waals surface area contributed by atoms with Crippen molar-refractivity contribution in [1.29, 1.82) is 0 Å². The second-order valence-corrected chi connectivity index (χ2v) is 9.05. The van der Waals surface area contributed by atoms with E-state index in [-0.39, 0.29) is 33.1 Å². The zero-order valence-corrected chi connectivity index (χ0v) is 18.3. The zero-order valence-electron chi connectivity index (χ0n) is 16.7. The Morgan fingerprint density at radius 1 is 1.00 bits per heavy atom. The fourth-order valence-electron chi connectivity index (χ4n) is 3.03. The third-order valence-corrected chi connectivity index (χ3v) is 6.42. The van der Waals surface area contributed by atoms with Crippen LogP contribution in [-0.4, -0.2) is 14.3 Å². The molecule has 3 aromatic carbocycles. The normalized spacial score (nSPS) is 12.2. The van der Waals surface area contributed by atoms with E-state index in [0.29, 0.717) is 0 Å². The molecule has 156 valence electrons. The van der Waals surface area contributed by atoms with Gasteiger partial charge in [0.15, 0.2) is 0 Å². The Labute approximate surface area is 182 Å². The van der Waals surface area contributed by atoms with Gasteiger partial charge in [0.2, 0.25) is 0 Å². The van der Waals surface area contributed by atoms with Gasteiger partial charge in [0, 0.05) is 0 Å². The van der Waals surface area contributed by atoms with Crippen molar-refractivity contribution in [2.24, 2.45) is 0 Å². The standard InChI is InChI=1S/C23H23ClN2O3S/c1-3-22(17-11-9-16(2)10-12-17)25-23(27)20-14-13-18(15-21(20)24)26-30(28,29)19-7-5-4-6-8-19/h4-15,22,26H,3H2,1-2H3,(H,25,27)/t22-/m1/s1. The molecule has 0 aliphatic heterocycles. The van der Waals surface area contributed by atoms with E-state index in [4.69, 9.17) is 11.6 Å². The largest absolute Gasteiger partial charge is 0.345 e. The molecule has 30 heavy (non-hydrogen) atoms. The Morgan fingerprint density at radius 3 is 2.27 bits per heavy atom. The Hall–Kier alpha value is -2.83. The van der Waals surface area contributed by atoms with Crippen molar-refractivity contribution in [1.82, 2.24) is 5.32 Å². The highest BCUT2D eigenvalue weighted by Crippen LogP contribution is 2.25. The third kappa shape index (κ3) is 5.20. The quantitative estimate of drug-likeness (QED) is 0.519. The van der Waals surface area contributed by atoms with Crippen LogP contribution in [0, 0.1) is 6.92 Å². The Kier molecular flexibility index (Phi) is 6.80. The number of carbonyl (C=O) groups excluding carboxylic acids is 1. The number of aryl methyl sites for hydroxylation is 1. The number of hydrogen-bond acceptors (Lipinski definition) is 3. The van der Waals surface area contributed by atoms with Gasteiger partial charge in [-0.25, -0.2) is 8.42 Å². The summed E-state index contributed by atoms with van der Waals surface area (Å²) in [6.45, 7) is 4.00. The second kappa shape index (κ2) is 9.32. The smallest absolute Gasteiger partial charge is 0.261 e. The second-order valence-electron chi connectivity index (χ2n) is 6.96. The molecule has 7 heteroatoms. The zero-order chi connectivity index (χ0) is 21.7. The van der Waals surface area contributed by atoms with Gasteiger partial charge >= 0.3 is 0 Å². The molecule has 0 heterocycles. The lowest BCUT2D eigenvalue weighted by Crippen LogP contribution is -2.28. The van der Waals surface area contributed by atoms with Gasteiger partial charge in [-0.15, -0.1) is 0 Å². The Bertz CT molecular complexity index is 1130. The molecule has 0 fully saturated rings. The highest BCUT2D eigenvalue weighted by molar-refractivity contribution is 7.92. The van der Waals surface area contributed by atoms with Gasteiger partial charge in [0.25, 0.3) is 15.9 Å². The molecule has 0 unspecified atom stereocenters. The SMILES string of the molecule is CC[C@@H](NC(=O)c1ccc(NS(=O)(=O)c2ccccc2)cc1Cl)c1ccc(C)cc1. The molecule has 0 aliphatic rings. The first kappa shape index (κ1) is 21.9. The lowest BCUT2D eigenvalue weighted by Gasteiger charge is -2.18. The Morgan fingerprint density at radius 2 is 1.67 bits per heavy atom. The first-order chi connectivity index (χ1) is 14.3. The van der Waals surface area contributed by atoms with Crippen molar-refractivity contribution in [3.63, 3.8) is 0 Å². The fourth-order valence-corrected chi connectivity index (χ4v) is 4.37. The monoisotopic (exact) mass is 442 g/mol. The number of rotatable bonds is 7. The van der Waals surface area contributed by atoms with E-state index in [9.17, 15) is 13.2 Å². The molecule has 0 aromatic heterocycles. The van der Waals surface area contributed by atoms with Gasteiger partial charge < -0.3 is 5.32 Å². The van der Waals surface area contributed by atoms with Crippen LogP contribution in [0.2, 0.25) is 5.02 Å². The molecule has 3 rings (SSSR count). The highest BCUT2D eigenvalue weighted by Gasteiger charge is 2.18. The first-order valence-corrected chi connectivity index (χ1v) is 11.4. The molecular weight excluding hydrogens is 420 g/mol. The van der Waals surface area contributed by atoms with E-state index in [0.717, 1.165) is 17.5 Å². The van der Waals surface area contributed by atoms with E-state index >= 15 is 0 Å². The van der Waals surface area contributed by atoms with Gasteiger partial charge in [-0.1, -0.05) is 66.6 Å². The predicted molar refractivity (Wildman–Crippen MR) is 120 cm³/mol. The molecule has 0 saturated heterocycles. The average Bonchev–Trinajstić information content (AvgIpc) is 2.73. The molecule has 0 spiro atoms. The number of benzene rings is 3. The summed E-state index contributed by atoms with van der Waals surface area (Å²) < 4.78 is 27.4. The molecule has 3 aromatic rings. The van der Waals surface area contributed by atoms with Crippen molar-refractivity contribution < 1.29 is 13.2 Å². The maximum absolute atomic E-state index is 12.8. The minimum atomic E-state index is -3.73. The maximum Gasteiger partial charge on any atom is 0.261 e. The van der Waals surface area contributed by atoms with Gasteiger partial charge in [-0.05, 0) is 49.2 Å². The van der Waals surface area contributed by atoms with E-state index in [1.165, 1.54) is 30.3 Å². The van der Waals surface area contributed by atoms with Gasteiger partial charge in [0.05, 0.1) is 27.2 Å². The summed E-state index contributed by atoms with van der Waals surface area (Å²) in [7, 11) is -3.73. The van der Waals surface area contributed by atoms with Crippen LogP contribution in [0.5, 0.6) is 0 Å². The van der Waals surface area contributed by atoms with Gasteiger partial charge in [-0.3, -0.25) is 9.52 Å². The number of amides is 1. The van der Waals surface area contributed by atoms with Crippen LogP contribution < -0.4 is 10.0 Å². The van der Waals surface area contributed by atoms with Crippen LogP contribution in [0.4, 0.5) is 5.69 Å². The van der Waals surface area contributed by atoms with Crippen LogP contribution in [-0.2, 0) is 10.0 Å². The molecule has 0 aliphatic carbocycles. The Balaban J connectivity index is 1.76. The van der Waals surface area contributed by atoms with E-state index in [2.05, 4.69) is 10.0 Å². The van der Waals surface area contributed by atoms with E-state index < -0.39 is 10.0 Å². The molecule has 0 bridgehead atoms. The van der Waals surface area contributed by atoms with Crippen LogP contribution >= 0.6 is 11.6 Å². The van der Waals surface area contributed by atoms with Crippen molar-refractivity contribution in [2.75, 3.05) is 4.72 Å². The summed E-state index contributed by atoms with van der Waals surface area (Å²) in [6, 6.07) is 20.4. The maximum atomic E-state index is 12.8. The van der Waals surface area contributed by atoms with Gasteiger partial charge in [0.1, 0.15) is 0 Å². The van der Waals surface area contributed by atoms with Crippen molar-refractivity contribution >= 4 is 33.2 Å². The first-order valence-electron chi connectivity index (χ1n) is 9.55. The molecule has 2 N–H and O–H groups in total. The van der Waals surface area contributed by atoms with E-state index in [1.807, 2.05) is 38.1 Å². The molecule has 1 amide bonds. The minimum Gasteiger partial charge on any atom is -0.345 e. The minimum absolute atomic E-state index is 0.145. The summed E-state index contributed by atoms with van der Waals surface area (Å²) in [4.78, 5) is 12.9. The third-order valence-electron chi connectivity index (χ3n) is 4.71. The van der Waals surface area contributed by atoms with Crippen LogP contribution in [0.1, 0.15) is 40.9 Å². The van der Waals surface area contributed by atoms with Crippen LogP contribution in [0.3, 0.4) is 0 Å². The summed E-state index contributed by atoms with van der Waals surface area (Å²) in [5.41, 5.74) is 2.73. The van der Waals surface area contributed by atoms with Gasteiger partial charge in [-0.2, -0.15) is 0 Å². The number of anilines is 1. The van der Waals surface area contributed by atoms with Crippen molar-refractivity contribution in [3.05, 3.63) is 94.5 Å². The number of halogens is 1. The predicted octanol–water partition coefficient (Wildman–Crippen LogP) is 5.33. The van der Waals surface area contributed by atoms with E-state index in [1.54, 1.807) is 18.2 Å². The fraction of sp³-hybridized carbons (Fsp3) is 0.174. The molecule has 1 atom stereocenters. The summed E-state index contributed by atoms with van der Waals surface area (Å²) >= 11 is 6.30. The number of sulfonamides is 1. The molecule has 5 nitrogen and oxygen atoms in total. The highest BCUT2D eigenvalue weighted by atomic mass is 35.5. The molecule has 0 radical (unpaired) electrons. The van der Waals surface area contributed by atoms with Crippen LogP contribution in [0.15, 0.2) is 77.7 Å². The lowest BCUT2D eigenvalue weighted by atomic mass is 10.0.